The Balaban J connectivity index is 1.41. The number of hydrogen-bond acceptors (Lipinski definition) is 5. The number of hydrogen-bond donors (Lipinski definition) is 0. The molecule has 33 heavy (non-hydrogen) atoms. The van der Waals surface area contributed by atoms with Crippen molar-refractivity contribution in [1.82, 2.24) is 8.61 Å². The van der Waals surface area contributed by atoms with Gasteiger partial charge in [0.05, 0.1) is 6.26 Å². The van der Waals surface area contributed by atoms with Crippen LogP contribution in [0.1, 0.15) is 52.9 Å². The average Bonchev–Trinajstić information content (AvgIpc) is 2.73. The first kappa shape index (κ1) is 24.1. The molecule has 2 atom stereocenters. The van der Waals surface area contributed by atoms with Crippen molar-refractivity contribution in [3.05, 3.63) is 71.3 Å². The minimum Gasteiger partial charge on any atom is -0.294 e. The highest BCUT2D eigenvalue weighted by molar-refractivity contribution is 7.89. The predicted molar refractivity (Wildman–Crippen MR) is 128 cm³/mol. The van der Waals surface area contributed by atoms with Crippen LogP contribution in [0, 0.1) is 5.92 Å². The molecule has 0 bridgehead atoms. The second kappa shape index (κ2) is 9.29. The zero-order chi connectivity index (χ0) is 23.8. The minimum atomic E-state index is -3.51. The highest BCUT2D eigenvalue weighted by Crippen LogP contribution is 2.38. The number of ketones is 1. The first-order valence-electron chi connectivity index (χ1n) is 11.2. The van der Waals surface area contributed by atoms with Gasteiger partial charge in [0.2, 0.25) is 20.0 Å². The Morgan fingerprint density at radius 3 is 2.24 bits per heavy atom. The molecule has 0 aromatic heterocycles. The van der Waals surface area contributed by atoms with E-state index in [9.17, 15) is 21.6 Å². The van der Waals surface area contributed by atoms with E-state index in [4.69, 9.17) is 0 Å². The molecule has 1 unspecified atom stereocenters. The third-order valence-corrected chi connectivity index (χ3v) is 10.3. The van der Waals surface area contributed by atoms with Crippen molar-refractivity contribution in [3.8, 4) is 0 Å². The summed E-state index contributed by atoms with van der Waals surface area (Å²) >= 11 is 0. The van der Waals surface area contributed by atoms with E-state index in [-0.39, 0.29) is 24.3 Å². The van der Waals surface area contributed by atoms with Crippen LogP contribution in [0.25, 0.3) is 0 Å². The summed E-state index contributed by atoms with van der Waals surface area (Å²) in [7, 11) is -6.69. The van der Waals surface area contributed by atoms with Crippen LogP contribution in [0.4, 0.5) is 0 Å². The van der Waals surface area contributed by atoms with E-state index in [0.717, 1.165) is 17.5 Å². The van der Waals surface area contributed by atoms with Gasteiger partial charge in [0, 0.05) is 37.7 Å². The zero-order valence-electron chi connectivity index (χ0n) is 18.9. The van der Waals surface area contributed by atoms with Crippen molar-refractivity contribution in [1.29, 1.82) is 0 Å². The molecule has 7 nitrogen and oxygen atoms in total. The van der Waals surface area contributed by atoms with Crippen molar-refractivity contribution in [3.63, 3.8) is 0 Å². The lowest BCUT2D eigenvalue weighted by Crippen LogP contribution is -2.49. The first-order valence-corrected chi connectivity index (χ1v) is 14.5. The third kappa shape index (κ3) is 5.21. The van der Waals surface area contributed by atoms with Crippen molar-refractivity contribution in [2.75, 3.05) is 19.3 Å². The van der Waals surface area contributed by atoms with E-state index in [1.807, 2.05) is 49.4 Å². The van der Waals surface area contributed by atoms with Crippen LogP contribution in [0.5, 0.6) is 0 Å². The summed E-state index contributed by atoms with van der Waals surface area (Å²) in [5.74, 6) is 0.0176. The monoisotopic (exact) mass is 490 g/mol. The lowest BCUT2D eigenvalue weighted by molar-refractivity contribution is 0.0906. The second-order valence-corrected chi connectivity index (χ2v) is 13.2. The molecule has 2 aliphatic heterocycles. The van der Waals surface area contributed by atoms with Gasteiger partial charge in [-0.25, -0.2) is 21.1 Å². The largest absolute Gasteiger partial charge is 0.294 e. The molecule has 4 rings (SSSR count). The molecule has 2 saturated heterocycles. The van der Waals surface area contributed by atoms with E-state index in [2.05, 4.69) is 0 Å². The smallest absolute Gasteiger partial charge is 0.221 e. The molecule has 2 fully saturated rings. The summed E-state index contributed by atoms with van der Waals surface area (Å²) in [4.78, 5) is 12.6. The van der Waals surface area contributed by atoms with Gasteiger partial charge in [0.25, 0.3) is 0 Å². The Kier molecular flexibility index (Phi) is 6.77. The number of nitrogens with zero attached hydrogens (tertiary/aromatic N) is 2. The summed E-state index contributed by atoms with van der Waals surface area (Å²) in [6.45, 7) is 2.98. The predicted octanol–water partition coefficient (Wildman–Crippen LogP) is 3.21. The molecule has 0 spiro atoms. The molecule has 0 radical (unpaired) electrons. The Hall–Kier alpha value is -2.07. The highest BCUT2D eigenvalue weighted by atomic mass is 32.2. The van der Waals surface area contributed by atoms with Gasteiger partial charge in [-0.3, -0.25) is 4.79 Å². The summed E-state index contributed by atoms with van der Waals surface area (Å²) in [5, 5.41) is -0.537. The highest BCUT2D eigenvalue weighted by Gasteiger charge is 2.40. The molecular weight excluding hydrogens is 460 g/mol. The van der Waals surface area contributed by atoms with Gasteiger partial charge in [-0.15, -0.1) is 0 Å². The molecule has 9 heteroatoms. The van der Waals surface area contributed by atoms with Gasteiger partial charge in [-0.05, 0) is 36.8 Å². The molecule has 2 aromatic rings. The molecule has 2 heterocycles. The maximum atomic E-state index is 13.4. The van der Waals surface area contributed by atoms with Crippen LogP contribution < -0.4 is 0 Å². The lowest BCUT2D eigenvalue weighted by Gasteiger charge is -2.37. The van der Waals surface area contributed by atoms with E-state index in [1.54, 1.807) is 16.4 Å². The van der Waals surface area contributed by atoms with E-state index >= 15 is 0 Å². The van der Waals surface area contributed by atoms with Crippen LogP contribution in [0.15, 0.2) is 54.6 Å². The van der Waals surface area contributed by atoms with Gasteiger partial charge < -0.3 is 0 Å². The quantitative estimate of drug-likeness (QED) is 0.556. The molecule has 2 aromatic carbocycles. The minimum absolute atomic E-state index is 0.0252. The summed E-state index contributed by atoms with van der Waals surface area (Å²) < 4.78 is 52.7. The van der Waals surface area contributed by atoms with E-state index in [1.165, 1.54) is 10.6 Å². The Bertz CT molecular complexity index is 1210. The van der Waals surface area contributed by atoms with Crippen molar-refractivity contribution < 1.29 is 21.6 Å². The maximum Gasteiger partial charge on any atom is 0.221 e. The number of carbonyl (C=O) groups is 1. The van der Waals surface area contributed by atoms with Crippen molar-refractivity contribution >= 4 is 25.8 Å². The topological polar surface area (TPSA) is 91.8 Å². The molecule has 0 aliphatic carbocycles. The van der Waals surface area contributed by atoms with Gasteiger partial charge in [0.15, 0.2) is 5.78 Å². The Morgan fingerprint density at radius 1 is 1.00 bits per heavy atom. The van der Waals surface area contributed by atoms with Crippen LogP contribution >= 0.6 is 0 Å². The normalized spacial score (nSPS) is 24.3. The van der Waals surface area contributed by atoms with E-state index in [0.29, 0.717) is 31.5 Å². The number of carbonyl (C=O) groups excluding carboxylic acids is 1. The summed E-state index contributed by atoms with van der Waals surface area (Å²) in [6.07, 6.45) is 2.88. The maximum absolute atomic E-state index is 13.4. The molecule has 0 N–H and O–H groups in total. The SMILES string of the molecule is C[C@H]1CCC(c2ccccc2)S(=O)(=O)N1Cc1ccc(C(=O)CC2CN(S(C)(=O)=O)C2)cc1. The zero-order valence-corrected chi connectivity index (χ0v) is 20.6. The number of benzene rings is 2. The number of Topliss-reactive ketones (excluding diaryl/α,β-unsaturated/α-hetero) is 1. The van der Waals surface area contributed by atoms with Crippen LogP contribution in [0.3, 0.4) is 0 Å². The lowest BCUT2D eigenvalue weighted by atomic mass is 9.93. The fourth-order valence-electron chi connectivity index (χ4n) is 4.63. The Morgan fingerprint density at radius 2 is 1.64 bits per heavy atom. The van der Waals surface area contributed by atoms with Gasteiger partial charge in [-0.1, -0.05) is 54.6 Å². The molecule has 0 saturated carbocycles. The second-order valence-electron chi connectivity index (χ2n) is 9.19. The van der Waals surface area contributed by atoms with Gasteiger partial charge >= 0.3 is 0 Å². The van der Waals surface area contributed by atoms with Crippen molar-refractivity contribution in [2.24, 2.45) is 5.92 Å². The Labute approximate surface area is 196 Å². The van der Waals surface area contributed by atoms with Gasteiger partial charge in [0.1, 0.15) is 5.25 Å². The molecular formula is C24H30N2O5S2. The van der Waals surface area contributed by atoms with Gasteiger partial charge in [-0.2, -0.15) is 4.31 Å². The first-order chi connectivity index (χ1) is 15.6. The molecule has 178 valence electrons. The molecule has 2 aliphatic rings. The van der Waals surface area contributed by atoms with Crippen LogP contribution in [-0.2, 0) is 26.6 Å². The van der Waals surface area contributed by atoms with Crippen LogP contribution in [-0.4, -0.2) is 56.6 Å². The fraction of sp³-hybridized carbons (Fsp3) is 0.458. The van der Waals surface area contributed by atoms with Crippen LogP contribution in [0.2, 0.25) is 0 Å². The fourth-order valence-corrected chi connectivity index (χ4v) is 7.79. The summed E-state index contributed by atoms with van der Waals surface area (Å²) in [6, 6.07) is 16.4. The number of rotatable bonds is 7. The standard InChI is InChI=1S/C24H30N2O5S2/c1-18-8-13-24(22-6-4-3-5-7-22)33(30,31)26(18)17-19-9-11-21(12-10-19)23(27)14-20-15-25(16-20)32(2,28)29/h3-7,9-12,18,20,24H,8,13-17H2,1-2H3/t18-,24?/m0/s1. The summed E-state index contributed by atoms with van der Waals surface area (Å²) in [5.41, 5.74) is 2.22. The number of sulfonamides is 2. The molecule has 0 amide bonds. The van der Waals surface area contributed by atoms with E-state index < -0.39 is 25.3 Å². The van der Waals surface area contributed by atoms with Crippen molar-refractivity contribution in [2.45, 2.75) is 44.0 Å². The third-order valence-electron chi connectivity index (χ3n) is 6.68. The average molecular weight is 491 g/mol.